The minimum atomic E-state index is -3.78. The molecule has 1 aromatic heterocycles. The second-order valence-electron chi connectivity index (χ2n) is 4.56. The Morgan fingerprint density at radius 3 is 2.60 bits per heavy atom. The second kappa shape index (κ2) is 5.84. The van der Waals surface area contributed by atoms with Crippen molar-refractivity contribution in [3.05, 3.63) is 16.5 Å². The van der Waals surface area contributed by atoms with Gasteiger partial charge in [-0.3, -0.25) is 0 Å². The molecule has 112 valence electrons. The Hall–Kier alpha value is -0.900. The van der Waals surface area contributed by atoms with Gasteiger partial charge < -0.3 is 14.8 Å². The van der Waals surface area contributed by atoms with Crippen molar-refractivity contribution in [2.24, 2.45) is 0 Å². The molecule has 1 fully saturated rings. The number of hydrogen-bond donors (Lipinski definition) is 2. The lowest BCUT2D eigenvalue weighted by atomic mass is 10.1. The fraction of sp³-hybridized carbons (Fsp3) is 0.545. The third-order valence-electron chi connectivity index (χ3n) is 3.35. The van der Waals surface area contributed by atoms with Crippen molar-refractivity contribution in [3.63, 3.8) is 0 Å². The van der Waals surface area contributed by atoms with E-state index in [9.17, 15) is 13.2 Å². The van der Waals surface area contributed by atoms with Crippen LogP contribution in [0, 0.1) is 0 Å². The zero-order valence-electron chi connectivity index (χ0n) is 10.8. The quantitative estimate of drug-likeness (QED) is 0.827. The van der Waals surface area contributed by atoms with E-state index in [4.69, 9.17) is 9.52 Å². The van der Waals surface area contributed by atoms with Crippen molar-refractivity contribution in [3.8, 4) is 0 Å². The molecule has 2 N–H and O–H groups in total. The van der Waals surface area contributed by atoms with Crippen LogP contribution < -0.4 is 5.32 Å². The molecule has 0 atom stereocenters. The molecule has 20 heavy (non-hydrogen) atoms. The van der Waals surface area contributed by atoms with Gasteiger partial charge in [0.25, 0.3) is 0 Å². The number of piperidine rings is 1. The topological polar surface area (TPSA) is 99.9 Å². The summed E-state index contributed by atoms with van der Waals surface area (Å²) in [5.41, 5.74) is 0. The Kier molecular flexibility index (Phi) is 4.52. The molecule has 2 rings (SSSR count). The number of hydrogen-bond acceptors (Lipinski definition) is 5. The molecule has 1 saturated heterocycles. The van der Waals surface area contributed by atoms with E-state index in [-0.39, 0.29) is 15.6 Å². The first-order chi connectivity index (χ1) is 9.34. The molecule has 2 heterocycles. The Labute approximate surface area is 125 Å². The van der Waals surface area contributed by atoms with Crippen molar-refractivity contribution < 1.29 is 22.7 Å². The molecular formula is C11H15BrN2O5S. The van der Waals surface area contributed by atoms with E-state index < -0.39 is 21.8 Å². The largest absolute Gasteiger partial charge is 0.475 e. The summed E-state index contributed by atoms with van der Waals surface area (Å²) in [6, 6.07) is 0.926. The van der Waals surface area contributed by atoms with Gasteiger partial charge in [-0.15, -0.1) is 0 Å². The third kappa shape index (κ3) is 2.90. The number of rotatable bonds is 4. The molecule has 0 radical (unpaired) electrons. The van der Waals surface area contributed by atoms with Gasteiger partial charge in [-0.05, 0) is 41.9 Å². The van der Waals surface area contributed by atoms with E-state index in [2.05, 4.69) is 21.2 Å². The first-order valence-electron chi connectivity index (χ1n) is 6.05. The van der Waals surface area contributed by atoms with Gasteiger partial charge in [0, 0.05) is 19.2 Å². The van der Waals surface area contributed by atoms with Crippen molar-refractivity contribution in [2.45, 2.75) is 23.8 Å². The highest BCUT2D eigenvalue weighted by molar-refractivity contribution is 9.10. The van der Waals surface area contributed by atoms with Gasteiger partial charge in [-0.1, -0.05) is 0 Å². The van der Waals surface area contributed by atoms with Gasteiger partial charge in [0.1, 0.15) is 4.90 Å². The summed E-state index contributed by atoms with van der Waals surface area (Å²) in [6.07, 6.45) is 1.44. The van der Waals surface area contributed by atoms with E-state index in [0.717, 1.165) is 32.0 Å². The van der Waals surface area contributed by atoms with Crippen LogP contribution in [0.2, 0.25) is 0 Å². The number of carboxylic acids is 1. The second-order valence-corrected chi connectivity index (χ2v) is 7.24. The normalized spacial score (nSPS) is 17.6. The predicted molar refractivity (Wildman–Crippen MR) is 74.2 cm³/mol. The summed E-state index contributed by atoms with van der Waals surface area (Å²) in [5, 5.41) is 12.0. The van der Waals surface area contributed by atoms with Gasteiger partial charge in [-0.2, -0.15) is 4.31 Å². The van der Waals surface area contributed by atoms with Crippen LogP contribution in [0.4, 0.5) is 0 Å². The Morgan fingerprint density at radius 1 is 1.50 bits per heavy atom. The Bertz CT molecular complexity index is 606. The highest BCUT2D eigenvalue weighted by Gasteiger charge is 2.33. The highest BCUT2D eigenvalue weighted by Crippen LogP contribution is 2.30. The van der Waals surface area contributed by atoms with Crippen LogP contribution >= 0.6 is 15.9 Å². The minimum absolute atomic E-state index is 0.0873. The van der Waals surface area contributed by atoms with Crippen molar-refractivity contribution in [2.75, 3.05) is 20.1 Å². The zero-order valence-corrected chi connectivity index (χ0v) is 13.2. The van der Waals surface area contributed by atoms with E-state index in [1.165, 1.54) is 11.4 Å². The molecule has 0 bridgehead atoms. The molecule has 0 spiro atoms. The molecule has 7 nitrogen and oxygen atoms in total. The molecule has 1 aromatic rings. The Morgan fingerprint density at radius 2 is 2.10 bits per heavy atom. The number of carbonyl (C=O) groups is 1. The van der Waals surface area contributed by atoms with Gasteiger partial charge in [0.2, 0.25) is 15.8 Å². The molecule has 0 saturated carbocycles. The molecule has 0 amide bonds. The first kappa shape index (κ1) is 15.5. The lowest BCUT2D eigenvalue weighted by molar-refractivity contribution is 0.0661. The van der Waals surface area contributed by atoms with Crippen LogP contribution in [0.5, 0.6) is 0 Å². The number of carboxylic acid groups (broad SMARTS) is 1. The van der Waals surface area contributed by atoms with Crippen LogP contribution in [-0.4, -0.2) is 50.0 Å². The van der Waals surface area contributed by atoms with Gasteiger partial charge in [0.15, 0.2) is 4.67 Å². The smallest absolute Gasteiger partial charge is 0.371 e. The monoisotopic (exact) mass is 366 g/mol. The molecule has 0 unspecified atom stereocenters. The minimum Gasteiger partial charge on any atom is -0.475 e. The fourth-order valence-corrected chi connectivity index (χ4v) is 4.47. The molecule has 1 aliphatic rings. The van der Waals surface area contributed by atoms with Gasteiger partial charge in [0.05, 0.1) is 0 Å². The molecule has 9 heteroatoms. The number of sulfonamides is 1. The average molecular weight is 367 g/mol. The van der Waals surface area contributed by atoms with Crippen LogP contribution in [0.25, 0.3) is 0 Å². The maximum absolute atomic E-state index is 12.5. The Balaban J connectivity index is 2.31. The third-order valence-corrected chi connectivity index (χ3v) is 6.11. The van der Waals surface area contributed by atoms with Crippen LogP contribution in [-0.2, 0) is 10.0 Å². The summed E-state index contributed by atoms with van der Waals surface area (Å²) < 4.78 is 31.1. The molecule has 0 aromatic carbocycles. The molecule has 1 aliphatic heterocycles. The molecular weight excluding hydrogens is 352 g/mol. The zero-order chi connectivity index (χ0) is 14.9. The SMILES string of the molecule is CN(C1CCNCC1)S(=O)(=O)c1cc(C(=O)O)oc1Br. The summed E-state index contributed by atoms with van der Waals surface area (Å²) in [6.45, 7) is 1.52. The lowest BCUT2D eigenvalue weighted by Crippen LogP contribution is -2.43. The maximum Gasteiger partial charge on any atom is 0.371 e. The van der Waals surface area contributed by atoms with E-state index in [1.54, 1.807) is 0 Å². The number of nitrogens with zero attached hydrogens (tertiary/aromatic N) is 1. The summed E-state index contributed by atoms with van der Waals surface area (Å²) in [7, 11) is -2.28. The highest BCUT2D eigenvalue weighted by atomic mass is 79.9. The number of furan rings is 1. The van der Waals surface area contributed by atoms with Crippen molar-refractivity contribution in [1.82, 2.24) is 9.62 Å². The van der Waals surface area contributed by atoms with Crippen molar-refractivity contribution in [1.29, 1.82) is 0 Å². The summed E-state index contributed by atoms with van der Waals surface area (Å²) in [4.78, 5) is 10.7. The standard InChI is InChI=1S/C11H15BrN2O5S/c1-14(7-2-4-13-5-3-7)20(17,18)9-6-8(11(15)16)19-10(9)12/h6-7,13H,2-5H2,1H3,(H,15,16). The average Bonchev–Trinajstić information content (AvgIpc) is 2.82. The first-order valence-corrected chi connectivity index (χ1v) is 8.28. The van der Waals surface area contributed by atoms with Crippen LogP contribution in [0.3, 0.4) is 0 Å². The fourth-order valence-electron chi connectivity index (χ4n) is 2.16. The summed E-state index contributed by atoms with van der Waals surface area (Å²) in [5.74, 6) is -1.72. The van der Waals surface area contributed by atoms with E-state index in [0.29, 0.717) is 0 Å². The van der Waals surface area contributed by atoms with E-state index >= 15 is 0 Å². The van der Waals surface area contributed by atoms with Gasteiger partial charge in [-0.25, -0.2) is 13.2 Å². The van der Waals surface area contributed by atoms with Gasteiger partial charge >= 0.3 is 5.97 Å². The summed E-state index contributed by atoms with van der Waals surface area (Å²) >= 11 is 2.97. The lowest BCUT2D eigenvalue weighted by Gasteiger charge is -2.30. The number of aromatic carboxylic acids is 1. The number of halogens is 1. The van der Waals surface area contributed by atoms with Crippen LogP contribution in [0.15, 0.2) is 20.0 Å². The number of nitrogens with one attached hydrogen (secondary N) is 1. The van der Waals surface area contributed by atoms with Crippen LogP contribution in [0.1, 0.15) is 23.4 Å². The van der Waals surface area contributed by atoms with Crippen molar-refractivity contribution >= 4 is 31.9 Å². The predicted octanol–water partition coefficient (Wildman–Crippen LogP) is 1.11. The van der Waals surface area contributed by atoms with E-state index in [1.807, 2.05) is 0 Å². The maximum atomic E-state index is 12.5. The molecule has 0 aliphatic carbocycles.